The van der Waals surface area contributed by atoms with Crippen LogP contribution in [0.4, 0.5) is 0 Å². The monoisotopic (exact) mass is 215 g/mol. The van der Waals surface area contributed by atoms with Gasteiger partial charge in [-0.2, -0.15) is 0 Å². The van der Waals surface area contributed by atoms with Crippen LogP contribution >= 0.6 is 0 Å². The van der Waals surface area contributed by atoms with Gasteiger partial charge in [0.1, 0.15) is 0 Å². The van der Waals surface area contributed by atoms with Gasteiger partial charge in [-0.1, -0.05) is 19.9 Å². The maximum atomic E-state index is 11.8. The van der Waals surface area contributed by atoms with Crippen molar-refractivity contribution >= 4 is 16.6 Å². The average molecular weight is 215 g/mol. The number of carbonyl (C=O) groups excluding carboxylic acids is 1. The van der Waals surface area contributed by atoms with Gasteiger partial charge < -0.3 is 4.98 Å². The molecule has 2 aromatic rings. The maximum absolute atomic E-state index is 11.8. The summed E-state index contributed by atoms with van der Waals surface area (Å²) < 4.78 is 0. The summed E-state index contributed by atoms with van der Waals surface area (Å²) in [5.74, 6) is 0.0710. The summed E-state index contributed by atoms with van der Waals surface area (Å²) in [6.45, 7) is 3.73. The summed E-state index contributed by atoms with van der Waals surface area (Å²) in [6, 6.07) is 6.98. The molecule has 0 spiro atoms. The summed E-state index contributed by atoms with van der Waals surface area (Å²) in [6.07, 6.45) is 1.59. The molecule has 16 heavy (non-hydrogen) atoms. The van der Waals surface area contributed by atoms with Crippen molar-refractivity contribution in [2.45, 2.75) is 13.8 Å². The molecule has 0 bridgehead atoms. The molecule has 82 valence electrons. The van der Waals surface area contributed by atoms with Crippen LogP contribution in [-0.2, 0) is 0 Å². The molecule has 1 N–H and O–H groups in total. The molecule has 0 saturated carbocycles. The first-order valence-electron chi connectivity index (χ1n) is 5.25. The van der Waals surface area contributed by atoms with E-state index in [9.17, 15) is 9.59 Å². The van der Waals surface area contributed by atoms with Crippen molar-refractivity contribution in [3.63, 3.8) is 0 Å². The summed E-state index contributed by atoms with van der Waals surface area (Å²) in [7, 11) is 0. The second kappa shape index (κ2) is 3.93. The zero-order chi connectivity index (χ0) is 11.7. The fourth-order valence-electron chi connectivity index (χ4n) is 1.68. The molecule has 0 saturated heterocycles. The van der Waals surface area contributed by atoms with E-state index in [0.717, 1.165) is 5.39 Å². The molecular formula is C13H13NO2. The Morgan fingerprint density at radius 2 is 2.00 bits per heavy atom. The molecule has 0 fully saturated rings. The number of H-pyrrole nitrogens is 1. The van der Waals surface area contributed by atoms with Gasteiger partial charge in [0.25, 0.3) is 5.56 Å². The first-order valence-corrected chi connectivity index (χ1v) is 5.25. The van der Waals surface area contributed by atoms with E-state index in [4.69, 9.17) is 0 Å². The summed E-state index contributed by atoms with van der Waals surface area (Å²) in [4.78, 5) is 25.8. The van der Waals surface area contributed by atoms with Gasteiger partial charge in [0.15, 0.2) is 5.78 Å². The number of aromatic nitrogens is 1. The molecular weight excluding hydrogens is 202 g/mol. The smallest absolute Gasteiger partial charge is 0.255 e. The second-order valence-corrected chi connectivity index (χ2v) is 4.13. The molecule has 1 aromatic heterocycles. The molecule has 0 aliphatic heterocycles. The van der Waals surface area contributed by atoms with Gasteiger partial charge in [-0.3, -0.25) is 9.59 Å². The van der Waals surface area contributed by atoms with Crippen molar-refractivity contribution < 1.29 is 4.79 Å². The molecule has 0 aliphatic rings. The number of ketones is 1. The summed E-state index contributed by atoms with van der Waals surface area (Å²) in [5, 5.41) is 1.41. The summed E-state index contributed by atoms with van der Waals surface area (Å²) in [5.41, 5.74) is 0.536. The average Bonchev–Trinajstić information content (AvgIpc) is 2.28. The first-order chi connectivity index (χ1) is 7.59. The zero-order valence-corrected chi connectivity index (χ0v) is 9.28. The number of aromatic amines is 1. The molecule has 0 unspecified atom stereocenters. The van der Waals surface area contributed by atoms with Gasteiger partial charge in [0.05, 0.1) is 0 Å². The normalized spacial score (nSPS) is 10.9. The molecule has 1 aromatic carbocycles. The van der Waals surface area contributed by atoms with Gasteiger partial charge in [-0.05, 0) is 23.6 Å². The lowest BCUT2D eigenvalue weighted by Gasteiger charge is -2.05. The number of hydrogen-bond donors (Lipinski definition) is 1. The van der Waals surface area contributed by atoms with Crippen LogP contribution in [0.5, 0.6) is 0 Å². The van der Waals surface area contributed by atoms with Crippen LogP contribution in [0.15, 0.2) is 35.3 Å². The highest BCUT2D eigenvalue weighted by Crippen LogP contribution is 2.14. The highest BCUT2D eigenvalue weighted by Gasteiger charge is 2.10. The third-order valence-electron chi connectivity index (χ3n) is 2.58. The zero-order valence-electron chi connectivity index (χ0n) is 9.28. The summed E-state index contributed by atoms with van der Waals surface area (Å²) >= 11 is 0. The number of rotatable bonds is 2. The Morgan fingerprint density at radius 1 is 1.25 bits per heavy atom. The second-order valence-electron chi connectivity index (χ2n) is 4.13. The van der Waals surface area contributed by atoms with Crippen LogP contribution in [0, 0.1) is 5.92 Å². The largest absolute Gasteiger partial charge is 0.329 e. The predicted octanol–water partition coefficient (Wildman–Crippen LogP) is 2.37. The van der Waals surface area contributed by atoms with Crippen LogP contribution in [0.25, 0.3) is 10.8 Å². The van der Waals surface area contributed by atoms with E-state index in [-0.39, 0.29) is 17.3 Å². The van der Waals surface area contributed by atoms with Crippen molar-refractivity contribution in [3.05, 3.63) is 46.4 Å². The topological polar surface area (TPSA) is 49.9 Å². The van der Waals surface area contributed by atoms with Gasteiger partial charge in [0, 0.05) is 23.1 Å². The van der Waals surface area contributed by atoms with Crippen LogP contribution in [0.1, 0.15) is 24.2 Å². The van der Waals surface area contributed by atoms with E-state index in [2.05, 4.69) is 4.98 Å². The van der Waals surface area contributed by atoms with Crippen molar-refractivity contribution in [1.82, 2.24) is 4.98 Å². The molecule has 1 heterocycles. The number of carbonyl (C=O) groups is 1. The molecule has 0 amide bonds. The molecule has 0 aliphatic carbocycles. The SMILES string of the molecule is CC(C)C(=O)c1ccc2c(=O)[nH]ccc2c1. The number of pyridine rings is 1. The third-order valence-corrected chi connectivity index (χ3v) is 2.58. The molecule has 3 heteroatoms. The number of benzene rings is 1. The van der Waals surface area contributed by atoms with Gasteiger partial charge in [0.2, 0.25) is 0 Å². The van der Waals surface area contributed by atoms with Crippen molar-refractivity contribution in [2.75, 3.05) is 0 Å². The highest BCUT2D eigenvalue weighted by molar-refractivity contribution is 6.00. The van der Waals surface area contributed by atoms with E-state index in [1.807, 2.05) is 13.8 Å². The lowest BCUT2D eigenvalue weighted by molar-refractivity contribution is 0.0939. The lowest BCUT2D eigenvalue weighted by Crippen LogP contribution is -2.09. The van der Waals surface area contributed by atoms with E-state index in [0.29, 0.717) is 10.9 Å². The van der Waals surface area contributed by atoms with E-state index < -0.39 is 0 Å². The minimum Gasteiger partial charge on any atom is -0.329 e. The fourth-order valence-corrected chi connectivity index (χ4v) is 1.68. The van der Waals surface area contributed by atoms with Crippen molar-refractivity contribution in [1.29, 1.82) is 0 Å². The minimum absolute atomic E-state index is 0.0283. The standard InChI is InChI=1S/C13H13NO2/c1-8(2)12(15)10-3-4-11-9(7-10)5-6-14-13(11)16/h3-8H,1-2H3,(H,14,16). The van der Waals surface area contributed by atoms with Crippen LogP contribution < -0.4 is 5.56 Å². The number of hydrogen-bond acceptors (Lipinski definition) is 2. The molecule has 2 rings (SSSR count). The Hall–Kier alpha value is -1.90. The molecule has 0 atom stereocenters. The Labute approximate surface area is 93.1 Å². The first kappa shape index (κ1) is 10.6. The van der Waals surface area contributed by atoms with Crippen molar-refractivity contribution in [3.8, 4) is 0 Å². The number of fused-ring (bicyclic) bond motifs is 1. The van der Waals surface area contributed by atoms with Gasteiger partial charge in [-0.15, -0.1) is 0 Å². The Balaban J connectivity index is 2.62. The van der Waals surface area contributed by atoms with E-state index >= 15 is 0 Å². The number of nitrogens with one attached hydrogen (secondary N) is 1. The fraction of sp³-hybridized carbons (Fsp3) is 0.231. The third kappa shape index (κ3) is 1.76. The molecule has 3 nitrogen and oxygen atoms in total. The predicted molar refractivity (Wildman–Crippen MR) is 63.7 cm³/mol. The van der Waals surface area contributed by atoms with Gasteiger partial charge in [-0.25, -0.2) is 0 Å². The number of Topliss-reactive ketones (excluding diaryl/α,β-unsaturated/α-hetero) is 1. The lowest BCUT2D eigenvalue weighted by atomic mass is 9.99. The van der Waals surface area contributed by atoms with Gasteiger partial charge >= 0.3 is 0 Å². The van der Waals surface area contributed by atoms with Crippen molar-refractivity contribution in [2.24, 2.45) is 5.92 Å². The minimum atomic E-state index is -0.124. The quantitative estimate of drug-likeness (QED) is 0.782. The molecule has 0 radical (unpaired) electrons. The van der Waals surface area contributed by atoms with Crippen LogP contribution in [0.2, 0.25) is 0 Å². The Bertz CT molecular complexity index is 596. The maximum Gasteiger partial charge on any atom is 0.255 e. The Kier molecular flexibility index (Phi) is 2.60. The highest BCUT2D eigenvalue weighted by atomic mass is 16.1. The van der Waals surface area contributed by atoms with E-state index in [1.165, 1.54) is 0 Å². The van der Waals surface area contributed by atoms with E-state index in [1.54, 1.807) is 30.5 Å². The Morgan fingerprint density at radius 3 is 2.69 bits per heavy atom. The van der Waals surface area contributed by atoms with Crippen LogP contribution in [-0.4, -0.2) is 10.8 Å². The van der Waals surface area contributed by atoms with Crippen LogP contribution in [0.3, 0.4) is 0 Å².